The van der Waals surface area contributed by atoms with Crippen LogP contribution >= 0.6 is 0 Å². The molecule has 23 heavy (non-hydrogen) atoms. The molecule has 0 aliphatic rings. The predicted molar refractivity (Wildman–Crippen MR) is 88.2 cm³/mol. The van der Waals surface area contributed by atoms with Crippen molar-refractivity contribution in [2.45, 2.75) is 12.5 Å². The molecule has 0 aliphatic heterocycles. The fourth-order valence-electron chi connectivity index (χ4n) is 2.78. The highest BCUT2D eigenvalue weighted by Gasteiger charge is 2.22. The van der Waals surface area contributed by atoms with Crippen LogP contribution < -0.4 is 0 Å². The van der Waals surface area contributed by atoms with Crippen molar-refractivity contribution in [1.82, 2.24) is 14.3 Å². The number of hydrogen-bond acceptors (Lipinski definition) is 3. The van der Waals surface area contributed by atoms with Gasteiger partial charge in [0, 0.05) is 25.4 Å². The van der Waals surface area contributed by atoms with Gasteiger partial charge in [-0.15, -0.1) is 0 Å². The van der Waals surface area contributed by atoms with Gasteiger partial charge in [0.25, 0.3) is 5.91 Å². The number of aliphatic hydroxyl groups is 1. The summed E-state index contributed by atoms with van der Waals surface area (Å²) in [5, 5.41) is 9.36. The number of imidazole rings is 1. The molecule has 1 amide bonds. The Bertz CT molecular complexity index is 798. The van der Waals surface area contributed by atoms with Gasteiger partial charge in [-0.3, -0.25) is 4.79 Å². The van der Waals surface area contributed by atoms with Crippen molar-refractivity contribution in [1.29, 1.82) is 0 Å². The van der Waals surface area contributed by atoms with Gasteiger partial charge in [0.1, 0.15) is 0 Å². The van der Waals surface area contributed by atoms with Crippen molar-refractivity contribution < 1.29 is 9.90 Å². The molecule has 0 aliphatic carbocycles. The topological polar surface area (TPSA) is 57.8 Å². The van der Waals surface area contributed by atoms with Crippen LogP contribution in [0.4, 0.5) is 0 Å². The predicted octanol–water partition coefficient (Wildman–Crippen LogP) is 2.53. The van der Waals surface area contributed by atoms with Crippen LogP contribution in [0.3, 0.4) is 0 Å². The van der Waals surface area contributed by atoms with Crippen LogP contribution in [0.5, 0.6) is 0 Å². The van der Waals surface area contributed by atoms with Gasteiger partial charge >= 0.3 is 0 Å². The normalized spacial score (nSPS) is 12.3. The monoisotopic (exact) mass is 309 g/mol. The van der Waals surface area contributed by atoms with Gasteiger partial charge in [-0.1, -0.05) is 30.3 Å². The fraction of sp³-hybridized carbons (Fsp3) is 0.222. The van der Waals surface area contributed by atoms with Crippen molar-refractivity contribution in [2.75, 3.05) is 13.7 Å². The number of aliphatic hydroxyl groups excluding tert-OH is 1. The summed E-state index contributed by atoms with van der Waals surface area (Å²) in [4.78, 5) is 18.6. The van der Waals surface area contributed by atoms with Crippen molar-refractivity contribution in [3.63, 3.8) is 0 Å². The van der Waals surface area contributed by atoms with Gasteiger partial charge < -0.3 is 14.4 Å². The largest absolute Gasteiger partial charge is 0.396 e. The Morgan fingerprint density at radius 1 is 1.30 bits per heavy atom. The minimum absolute atomic E-state index is 0.0266. The highest BCUT2D eigenvalue weighted by atomic mass is 16.3. The minimum atomic E-state index is -0.158. The SMILES string of the molecule is CN(C(=O)c1ccn2cncc2c1)C(CCO)c1ccccc1. The third-order valence-corrected chi connectivity index (χ3v) is 4.04. The number of carbonyl (C=O) groups is 1. The lowest BCUT2D eigenvalue weighted by atomic mass is 10.0. The first kappa shape index (κ1) is 15.2. The van der Waals surface area contributed by atoms with E-state index >= 15 is 0 Å². The van der Waals surface area contributed by atoms with Crippen LogP contribution in [0, 0.1) is 0 Å². The van der Waals surface area contributed by atoms with Crippen LogP contribution in [0.25, 0.3) is 5.52 Å². The zero-order valence-corrected chi connectivity index (χ0v) is 13.0. The maximum atomic E-state index is 12.8. The first-order valence-corrected chi connectivity index (χ1v) is 7.55. The van der Waals surface area contributed by atoms with Crippen LogP contribution in [-0.4, -0.2) is 39.0 Å². The van der Waals surface area contributed by atoms with E-state index in [-0.39, 0.29) is 18.6 Å². The summed E-state index contributed by atoms with van der Waals surface area (Å²) >= 11 is 0. The van der Waals surface area contributed by atoms with Gasteiger partial charge in [0.2, 0.25) is 0 Å². The molecule has 0 saturated heterocycles. The van der Waals surface area contributed by atoms with E-state index in [1.807, 2.05) is 47.0 Å². The molecule has 2 aromatic heterocycles. The van der Waals surface area contributed by atoms with E-state index in [2.05, 4.69) is 4.98 Å². The Kier molecular flexibility index (Phi) is 4.39. The maximum absolute atomic E-state index is 12.8. The third-order valence-electron chi connectivity index (χ3n) is 4.04. The summed E-state index contributed by atoms with van der Waals surface area (Å²) in [5.41, 5.74) is 2.50. The lowest BCUT2D eigenvalue weighted by Gasteiger charge is -2.28. The van der Waals surface area contributed by atoms with Crippen molar-refractivity contribution in [2.24, 2.45) is 0 Å². The zero-order chi connectivity index (χ0) is 16.2. The molecule has 1 atom stereocenters. The summed E-state index contributed by atoms with van der Waals surface area (Å²) in [6.07, 6.45) is 5.75. The van der Waals surface area contributed by atoms with Gasteiger partial charge in [0.05, 0.1) is 24.1 Å². The Morgan fingerprint density at radius 3 is 2.83 bits per heavy atom. The van der Waals surface area contributed by atoms with Gasteiger partial charge in [-0.2, -0.15) is 0 Å². The van der Waals surface area contributed by atoms with E-state index in [0.717, 1.165) is 11.1 Å². The molecule has 3 aromatic rings. The lowest BCUT2D eigenvalue weighted by molar-refractivity contribution is 0.0705. The molecule has 0 bridgehead atoms. The molecule has 1 unspecified atom stereocenters. The molecule has 1 N–H and O–H groups in total. The van der Waals surface area contributed by atoms with Crippen LogP contribution in [-0.2, 0) is 0 Å². The lowest BCUT2D eigenvalue weighted by Crippen LogP contribution is -2.32. The zero-order valence-electron chi connectivity index (χ0n) is 13.0. The van der Waals surface area contributed by atoms with Crippen LogP contribution in [0.15, 0.2) is 61.2 Å². The Morgan fingerprint density at radius 2 is 2.09 bits per heavy atom. The molecule has 0 radical (unpaired) electrons. The molecule has 1 aromatic carbocycles. The summed E-state index contributed by atoms with van der Waals surface area (Å²) in [6, 6.07) is 13.2. The Hall–Kier alpha value is -2.66. The number of nitrogens with zero attached hydrogens (tertiary/aromatic N) is 3. The average molecular weight is 309 g/mol. The molecule has 5 heteroatoms. The number of pyridine rings is 1. The Labute approximate surface area is 134 Å². The van der Waals surface area contributed by atoms with E-state index in [1.165, 1.54) is 0 Å². The molecular weight excluding hydrogens is 290 g/mol. The number of aromatic nitrogens is 2. The van der Waals surface area contributed by atoms with Crippen LogP contribution in [0.1, 0.15) is 28.4 Å². The van der Waals surface area contributed by atoms with E-state index in [4.69, 9.17) is 0 Å². The molecule has 2 heterocycles. The Balaban J connectivity index is 1.89. The van der Waals surface area contributed by atoms with E-state index in [0.29, 0.717) is 12.0 Å². The molecule has 0 saturated carbocycles. The first-order chi connectivity index (χ1) is 11.2. The summed E-state index contributed by atoms with van der Waals surface area (Å²) in [5.74, 6) is -0.0731. The van der Waals surface area contributed by atoms with Crippen molar-refractivity contribution in [3.05, 3.63) is 72.3 Å². The van der Waals surface area contributed by atoms with Crippen molar-refractivity contribution in [3.8, 4) is 0 Å². The van der Waals surface area contributed by atoms with Gasteiger partial charge in [-0.05, 0) is 24.1 Å². The number of fused-ring (bicyclic) bond motifs is 1. The third kappa shape index (κ3) is 3.10. The number of amides is 1. The summed E-state index contributed by atoms with van der Waals surface area (Å²) < 4.78 is 1.86. The summed E-state index contributed by atoms with van der Waals surface area (Å²) in [7, 11) is 1.77. The molecule has 118 valence electrons. The number of rotatable bonds is 5. The van der Waals surface area contributed by atoms with Crippen LogP contribution in [0.2, 0.25) is 0 Å². The van der Waals surface area contributed by atoms with E-state index in [9.17, 15) is 9.90 Å². The van der Waals surface area contributed by atoms with E-state index in [1.54, 1.807) is 30.5 Å². The molecule has 0 fully saturated rings. The number of benzene rings is 1. The molecule has 3 rings (SSSR count). The second-order valence-corrected chi connectivity index (χ2v) is 5.50. The summed E-state index contributed by atoms with van der Waals surface area (Å²) in [6.45, 7) is 0.0266. The second-order valence-electron chi connectivity index (χ2n) is 5.50. The molecule has 0 spiro atoms. The fourth-order valence-corrected chi connectivity index (χ4v) is 2.78. The van der Waals surface area contributed by atoms with Crippen molar-refractivity contribution >= 4 is 11.4 Å². The number of carbonyl (C=O) groups excluding carboxylic acids is 1. The molecular formula is C18H19N3O2. The van der Waals surface area contributed by atoms with Gasteiger partial charge in [-0.25, -0.2) is 4.98 Å². The smallest absolute Gasteiger partial charge is 0.254 e. The second kappa shape index (κ2) is 6.62. The highest BCUT2D eigenvalue weighted by Crippen LogP contribution is 2.24. The van der Waals surface area contributed by atoms with Gasteiger partial charge in [0.15, 0.2) is 0 Å². The standard InChI is InChI=1S/C18H19N3O2/c1-20(17(8-10-22)14-5-3-2-4-6-14)18(23)15-7-9-21-13-19-12-16(21)11-15/h2-7,9,11-13,17,22H,8,10H2,1H3. The maximum Gasteiger partial charge on any atom is 0.254 e. The van der Waals surface area contributed by atoms with E-state index < -0.39 is 0 Å². The first-order valence-electron chi connectivity index (χ1n) is 7.55. The molecule has 5 nitrogen and oxygen atoms in total. The quantitative estimate of drug-likeness (QED) is 0.788. The minimum Gasteiger partial charge on any atom is -0.396 e. The average Bonchev–Trinajstić information content (AvgIpc) is 3.07. The highest BCUT2D eigenvalue weighted by molar-refractivity contribution is 5.95. The number of hydrogen-bond donors (Lipinski definition) is 1.